The van der Waals surface area contributed by atoms with E-state index in [1.165, 1.54) is 16.7 Å². The van der Waals surface area contributed by atoms with Crippen LogP contribution in [0.1, 0.15) is 66.2 Å². The van der Waals surface area contributed by atoms with Crippen molar-refractivity contribution in [2.45, 2.75) is 66.2 Å². The largest absolute Gasteiger partial charge is 0.481 e. The van der Waals surface area contributed by atoms with Gasteiger partial charge in [0.1, 0.15) is 0 Å². The Hall–Kier alpha value is -1.64. The van der Waals surface area contributed by atoms with E-state index in [9.17, 15) is 4.79 Å². The van der Waals surface area contributed by atoms with Gasteiger partial charge in [0.2, 0.25) is 0 Å². The molecule has 0 rings (SSSR count). The minimum atomic E-state index is -0.756. The Morgan fingerprint density at radius 3 is 2.23 bits per heavy atom. The number of carboxylic acids is 1. The van der Waals surface area contributed by atoms with Gasteiger partial charge < -0.3 is 5.11 Å². The molecule has 1 N–H and O–H groups in total. The van der Waals surface area contributed by atoms with Gasteiger partial charge in [0.05, 0.1) is 0 Å². The van der Waals surface area contributed by atoms with E-state index >= 15 is 0 Å². The molecular formula is C19H31NO2. The summed E-state index contributed by atoms with van der Waals surface area (Å²) in [6, 6.07) is 0. The molecule has 124 valence electrons. The maximum atomic E-state index is 10.3. The Morgan fingerprint density at radius 1 is 0.955 bits per heavy atom. The zero-order valence-electron chi connectivity index (χ0n) is 14.6. The molecule has 0 aromatic rings. The van der Waals surface area contributed by atoms with Crippen LogP contribution in [-0.4, -0.2) is 23.8 Å². The van der Waals surface area contributed by atoms with Crippen LogP contribution in [0.25, 0.3) is 0 Å². The second-order valence-electron chi connectivity index (χ2n) is 5.97. The van der Waals surface area contributed by atoms with Crippen molar-refractivity contribution in [2.24, 2.45) is 4.99 Å². The smallest absolute Gasteiger partial charge is 0.303 e. The van der Waals surface area contributed by atoms with Crippen LogP contribution in [-0.2, 0) is 4.79 Å². The van der Waals surface area contributed by atoms with Crippen LogP contribution in [0.15, 0.2) is 39.9 Å². The van der Waals surface area contributed by atoms with Gasteiger partial charge >= 0.3 is 5.97 Å². The molecule has 0 saturated heterocycles. The monoisotopic (exact) mass is 305 g/mol. The van der Waals surface area contributed by atoms with Crippen LogP contribution in [0.2, 0.25) is 0 Å². The summed E-state index contributed by atoms with van der Waals surface area (Å²) >= 11 is 0. The quantitative estimate of drug-likeness (QED) is 0.318. The number of carbonyl (C=O) groups is 1. The first-order valence-electron chi connectivity index (χ1n) is 8.08. The zero-order valence-corrected chi connectivity index (χ0v) is 14.6. The topological polar surface area (TPSA) is 49.7 Å². The van der Waals surface area contributed by atoms with Gasteiger partial charge in [0.25, 0.3) is 0 Å². The van der Waals surface area contributed by atoms with Crippen molar-refractivity contribution in [1.29, 1.82) is 0 Å². The third-order valence-corrected chi connectivity index (χ3v) is 3.27. The summed E-state index contributed by atoms with van der Waals surface area (Å²) in [6.45, 7) is 9.16. The van der Waals surface area contributed by atoms with Crippen molar-refractivity contribution in [1.82, 2.24) is 0 Å². The molecule has 0 aliphatic carbocycles. The summed E-state index contributed by atoms with van der Waals surface area (Å²) in [5, 5.41) is 8.51. The molecule has 0 unspecified atom stereocenters. The molecule has 0 atom stereocenters. The molecule has 0 spiro atoms. The van der Waals surface area contributed by atoms with Crippen molar-refractivity contribution >= 4 is 12.2 Å². The fourth-order valence-electron chi connectivity index (χ4n) is 1.90. The van der Waals surface area contributed by atoms with Crippen LogP contribution < -0.4 is 0 Å². The summed E-state index contributed by atoms with van der Waals surface area (Å²) < 4.78 is 0. The standard InChI is InChI=1S/C19H31NO2/c1-16(2)8-5-9-17(3)10-6-11-18(4)13-15-20-14-7-12-19(21)22/h8,10,13,15H,5-7,9,11-12,14H2,1-4H3,(H,21,22). The molecule has 0 fully saturated rings. The van der Waals surface area contributed by atoms with Crippen molar-refractivity contribution in [3.8, 4) is 0 Å². The molecule has 3 nitrogen and oxygen atoms in total. The summed E-state index contributed by atoms with van der Waals surface area (Å²) in [4.78, 5) is 14.5. The molecule has 0 aliphatic heterocycles. The summed E-state index contributed by atoms with van der Waals surface area (Å²) in [5.41, 5.74) is 4.14. The molecule has 0 aliphatic rings. The zero-order chi connectivity index (χ0) is 16.8. The van der Waals surface area contributed by atoms with E-state index in [4.69, 9.17) is 5.11 Å². The molecule has 0 bridgehead atoms. The third kappa shape index (κ3) is 14.8. The Morgan fingerprint density at radius 2 is 1.59 bits per heavy atom. The van der Waals surface area contributed by atoms with Crippen molar-refractivity contribution in [2.75, 3.05) is 6.54 Å². The Balaban J connectivity index is 3.88. The van der Waals surface area contributed by atoms with Crippen LogP contribution in [0.3, 0.4) is 0 Å². The van der Waals surface area contributed by atoms with E-state index in [-0.39, 0.29) is 6.42 Å². The van der Waals surface area contributed by atoms with Crippen molar-refractivity contribution in [3.63, 3.8) is 0 Å². The predicted molar refractivity (Wildman–Crippen MR) is 95.6 cm³/mol. The normalized spacial score (nSPS) is 12.7. The minimum absolute atomic E-state index is 0.191. The minimum Gasteiger partial charge on any atom is -0.481 e. The van der Waals surface area contributed by atoms with Crippen LogP contribution >= 0.6 is 0 Å². The van der Waals surface area contributed by atoms with E-state index in [0.29, 0.717) is 13.0 Å². The van der Waals surface area contributed by atoms with Crippen molar-refractivity contribution < 1.29 is 9.90 Å². The SMILES string of the molecule is CC(C)=CCCC(C)=CCCC(C)=CC=NCCCC(=O)O. The average molecular weight is 305 g/mol. The number of hydrogen-bond donors (Lipinski definition) is 1. The van der Waals surface area contributed by atoms with Crippen LogP contribution in [0.5, 0.6) is 0 Å². The van der Waals surface area contributed by atoms with Gasteiger partial charge in [-0.05, 0) is 65.9 Å². The van der Waals surface area contributed by atoms with Gasteiger partial charge in [-0.3, -0.25) is 9.79 Å². The lowest BCUT2D eigenvalue weighted by Gasteiger charge is -2.00. The molecule has 3 heteroatoms. The fraction of sp³-hybridized carbons (Fsp3) is 0.579. The highest BCUT2D eigenvalue weighted by Crippen LogP contribution is 2.11. The average Bonchev–Trinajstić information content (AvgIpc) is 2.42. The summed E-state index contributed by atoms with van der Waals surface area (Å²) in [7, 11) is 0. The Labute approximate surface area is 135 Å². The highest BCUT2D eigenvalue weighted by Gasteiger charge is 1.94. The molecule has 0 heterocycles. The number of allylic oxidation sites excluding steroid dienone is 6. The third-order valence-electron chi connectivity index (χ3n) is 3.27. The van der Waals surface area contributed by atoms with Gasteiger partial charge in [0, 0.05) is 19.2 Å². The van der Waals surface area contributed by atoms with Gasteiger partial charge in [-0.15, -0.1) is 0 Å². The second kappa shape index (κ2) is 13.1. The van der Waals surface area contributed by atoms with E-state index in [0.717, 1.165) is 25.7 Å². The lowest BCUT2D eigenvalue weighted by atomic mass is 10.1. The summed E-state index contributed by atoms with van der Waals surface area (Å²) in [6.07, 6.45) is 13.6. The molecular weight excluding hydrogens is 274 g/mol. The molecule has 0 radical (unpaired) electrons. The van der Waals surface area contributed by atoms with Crippen molar-refractivity contribution in [3.05, 3.63) is 34.9 Å². The summed E-state index contributed by atoms with van der Waals surface area (Å²) in [5.74, 6) is -0.756. The maximum Gasteiger partial charge on any atom is 0.303 e. The van der Waals surface area contributed by atoms with Gasteiger partial charge in [-0.2, -0.15) is 0 Å². The molecule has 0 saturated carbocycles. The number of aliphatic carboxylic acids is 1. The first-order chi connectivity index (χ1) is 10.4. The number of hydrogen-bond acceptors (Lipinski definition) is 2. The number of carboxylic acid groups (broad SMARTS) is 1. The van der Waals surface area contributed by atoms with Gasteiger partial charge in [-0.1, -0.05) is 28.9 Å². The van der Waals surface area contributed by atoms with E-state index < -0.39 is 5.97 Å². The molecule has 0 amide bonds. The first-order valence-corrected chi connectivity index (χ1v) is 8.08. The highest BCUT2D eigenvalue weighted by atomic mass is 16.4. The number of aliphatic imine (C=N–C) groups is 1. The molecule has 0 aromatic carbocycles. The second-order valence-corrected chi connectivity index (χ2v) is 5.97. The lowest BCUT2D eigenvalue weighted by Crippen LogP contribution is -1.95. The molecule has 0 aromatic heterocycles. The van der Waals surface area contributed by atoms with Gasteiger partial charge in [0.15, 0.2) is 0 Å². The van der Waals surface area contributed by atoms with Crippen LogP contribution in [0, 0.1) is 0 Å². The Bertz CT molecular complexity index is 438. The van der Waals surface area contributed by atoms with E-state index in [1.807, 2.05) is 6.08 Å². The van der Waals surface area contributed by atoms with Gasteiger partial charge in [-0.25, -0.2) is 0 Å². The first kappa shape index (κ1) is 20.4. The highest BCUT2D eigenvalue weighted by molar-refractivity contribution is 5.72. The number of rotatable bonds is 11. The van der Waals surface area contributed by atoms with Crippen LogP contribution in [0.4, 0.5) is 0 Å². The lowest BCUT2D eigenvalue weighted by molar-refractivity contribution is -0.137. The Kier molecular flexibility index (Phi) is 12.1. The van der Waals surface area contributed by atoms with E-state index in [1.54, 1.807) is 6.21 Å². The van der Waals surface area contributed by atoms with E-state index in [2.05, 4.69) is 44.8 Å². The fourth-order valence-corrected chi connectivity index (χ4v) is 1.90. The number of nitrogens with zero attached hydrogens (tertiary/aromatic N) is 1. The molecule has 22 heavy (non-hydrogen) atoms. The predicted octanol–water partition coefficient (Wildman–Crippen LogP) is 5.34. The maximum absolute atomic E-state index is 10.3.